The Kier molecular flexibility index (Phi) is 3.72. The third kappa shape index (κ3) is 2.81. The van der Waals surface area contributed by atoms with Crippen LogP contribution in [0.15, 0.2) is 41.4 Å². The van der Waals surface area contributed by atoms with Gasteiger partial charge in [-0.2, -0.15) is 5.10 Å². The first-order valence-corrected chi connectivity index (χ1v) is 8.42. The van der Waals surface area contributed by atoms with Crippen molar-refractivity contribution >= 4 is 32.7 Å². The van der Waals surface area contributed by atoms with Gasteiger partial charge in [-0.25, -0.2) is 18.2 Å². The Labute approximate surface area is 137 Å². The fourth-order valence-electron chi connectivity index (χ4n) is 2.33. The van der Waals surface area contributed by atoms with E-state index >= 15 is 0 Å². The van der Waals surface area contributed by atoms with Gasteiger partial charge in [-0.05, 0) is 37.3 Å². The molecule has 0 fully saturated rings. The van der Waals surface area contributed by atoms with Crippen molar-refractivity contribution in [3.8, 4) is 0 Å². The summed E-state index contributed by atoms with van der Waals surface area (Å²) in [5.74, 6) is -1.08. The number of nitrogens with zero attached hydrogens (tertiary/aromatic N) is 3. The number of nitrogens with one attached hydrogen (secondary N) is 1. The van der Waals surface area contributed by atoms with E-state index in [1.165, 1.54) is 36.5 Å². The van der Waals surface area contributed by atoms with Crippen LogP contribution < -0.4 is 4.72 Å². The molecule has 3 aromatic rings. The molecule has 124 valence electrons. The predicted molar refractivity (Wildman–Crippen MR) is 87.5 cm³/mol. The number of anilines is 1. The van der Waals surface area contributed by atoms with Crippen LogP contribution in [0.5, 0.6) is 0 Å². The van der Waals surface area contributed by atoms with Crippen LogP contribution in [0.3, 0.4) is 0 Å². The van der Waals surface area contributed by atoms with E-state index in [4.69, 9.17) is 5.11 Å². The maximum Gasteiger partial charge on any atom is 0.335 e. The average Bonchev–Trinajstić information content (AvgIpc) is 2.82. The van der Waals surface area contributed by atoms with E-state index in [0.29, 0.717) is 16.7 Å². The summed E-state index contributed by atoms with van der Waals surface area (Å²) < 4.78 is 29.0. The topological polar surface area (TPSA) is 114 Å². The first kappa shape index (κ1) is 15.9. The minimum atomic E-state index is -3.84. The molecule has 0 aliphatic heterocycles. The minimum Gasteiger partial charge on any atom is -0.478 e. The second-order valence-corrected chi connectivity index (χ2v) is 6.92. The molecule has 9 heteroatoms. The lowest BCUT2D eigenvalue weighted by atomic mass is 10.2. The van der Waals surface area contributed by atoms with Gasteiger partial charge in [0.2, 0.25) is 0 Å². The zero-order valence-electron chi connectivity index (χ0n) is 12.9. The van der Waals surface area contributed by atoms with E-state index in [1.807, 2.05) is 0 Å². The third-order valence-electron chi connectivity index (χ3n) is 3.53. The van der Waals surface area contributed by atoms with E-state index in [2.05, 4.69) is 14.8 Å². The number of aryl methyl sites for hydroxylation is 2. The van der Waals surface area contributed by atoms with Gasteiger partial charge in [0.25, 0.3) is 10.0 Å². The number of sulfonamides is 1. The molecule has 8 nitrogen and oxygen atoms in total. The normalized spacial score (nSPS) is 11.6. The van der Waals surface area contributed by atoms with Gasteiger partial charge in [-0.1, -0.05) is 0 Å². The summed E-state index contributed by atoms with van der Waals surface area (Å²) in [6, 6.07) is 6.95. The van der Waals surface area contributed by atoms with E-state index in [0.717, 1.165) is 0 Å². The molecule has 0 amide bonds. The van der Waals surface area contributed by atoms with Gasteiger partial charge < -0.3 is 5.11 Å². The summed E-state index contributed by atoms with van der Waals surface area (Å²) >= 11 is 0. The number of carbonyl (C=O) groups is 1. The van der Waals surface area contributed by atoms with E-state index < -0.39 is 16.0 Å². The number of rotatable bonds is 4. The number of fused-ring (bicyclic) bond motifs is 1. The molecule has 1 aromatic carbocycles. The number of aromatic carboxylic acids is 1. The maximum absolute atomic E-state index is 12.5. The molecule has 0 atom stereocenters. The molecule has 0 bridgehead atoms. The second-order valence-electron chi connectivity index (χ2n) is 5.24. The maximum atomic E-state index is 12.5. The lowest BCUT2D eigenvalue weighted by Crippen LogP contribution is -2.13. The summed E-state index contributed by atoms with van der Waals surface area (Å²) in [6.07, 6.45) is 1.26. The zero-order chi connectivity index (χ0) is 17.5. The molecule has 0 unspecified atom stereocenters. The summed E-state index contributed by atoms with van der Waals surface area (Å²) in [4.78, 5) is 15.0. The molecule has 0 saturated carbocycles. The number of hydrogen-bond donors (Lipinski definition) is 2. The summed E-state index contributed by atoms with van der Waals surface area (Å²) in [7, 11) is -2.11. The quantitative estimate of drug-likeness (QED) is 0.744. The van der Waals surface area contributed by atoms with Crippen molar-refractivity contribution < 1.29 is 18.3 Å². The molecule has 0 radical (unpaired) electrons. The Bertz CT molecular complexity index is 1040. The molecule has 2 aromatic heterocycles. The molecule has 0 saturated heterocycles. The third-order valence-corrected chi connectivity index (χ3v) is 4.88. The van der Waals surface area contributed by atoms with Crippen molar-refractivity contribution in [2.24, 2.45) is 7.05 Å². The SMILES string of the molecule is Cc1nn(C)c2ncc(S(=O)(=O)Nc3ccc(C(=O)O)cc3)cc12. The Hall–Kier alpha value is -2.94. The lowest BCUT2D eigenvalue weighted by Gasteiger charge is -2.08. The largest absolute Gasteiger partial charge is 0.478 e. The Morgan fingerprint density at radius 2 is 1.92 bits per heavy atom. The van der Waals surface area contributed by atoms with E-state index in [9.17, 15) is 13.2 Å². The zero-order valence-corrected chi connectivity index (χ0v) is 13.7. The van der Waals surface area contributed by atoms with Crippen molar-refractivity contribution in [2.45, 2.75) is 11.8 Å². The fraction of sp³-hybridized carbons (Fsp3) is 0.133. The molecule has 0 aliphatic rings. The van der Waals surface area contributed by atoms with Crippen molar-refractivity contribution in [1.82, 2.24) is 14.8 Å². The Balaban J connectivity index is 1.95. The standard InChI is InChI=1S/C15H14N4O4S/c1-9-13-7-12(8-16-14(13)19(2)17-9)24(22,23)18-11-5-3-10(4-6-11)15(20)21/h3-8,18H,1-2H3,(H,20,21). The molecular weight excluding hydrogens is 332 g/mol. The van der Waals surface area contributed by atoms with Gasteiger partial charge in [0.05, 0.1) is 11.3 Å². The highest BCUT2D eigenvalue weighted by Gasteiger charge is 2.18. The first-order valence-electron chi connectivity index (χ1n) is 6.93. The highest BCUT2D eigenvalue weighted by molar-refractivity contribution is 7.92. The van der Waals surface area contributed by atoms with Gasteiger partial charge in [0.1, 0.15) is 4.90 Å². The smallest absolute Gasteiger partial charge is 0.335 e. The molecule has 0 spiro atoms. The molecule has 2 N–H and O–H groups in total. The van der Waals surface area contributed by atoms with Gasteiger partial charge in [0.15, 0.2) is 5.65 Å². The highest BCUT2D eigenvalue weighted by atomic mass is 32.2. The van der Waals surface area contributed by atoms with Gasteiger partial charge in [-0.15, -0.1) is 0 Å². The minimum absolute atomic E-state index is 0.00779. The van der Waals surface area contributed by atoms with Gasteiger partial charge in [-0.3, -0.25) is 9.40 Å². The monoisotopic (exact) mass is 346 g/mol. The van der Waals surface area contributed by atoms with Crippen LogP contribution in [0.4, 0.5) is 5.69 Å². The number of pyridine rings is 1. The van der Waals surface area contributed by atoms with Crippen molar-refractivity contribution in [1.29, 1.82) is 0 Å². The summed E-state index contributed by atoms with van der Waals surface area (Å²) in [6.45, 7) is 1.78. The molecule has 3 rings (SSSR count). The molecule has 24 heavy (non-hydrogen) atoms. The van der Waals surface area contributed by atoms with Gasteiger partial charge >= 0.3 is 5.97 Å². The highest BCUT2D eigenvalue weighted by Crippen LogP contribution is 2.21. The number of benzene rings is 1. The first-order chi connectivity index (χ1) is 11.3. The van der Waals surface area contributed by atoms with Crippen LogP contribution in [-0.4, -0.2) is 34.3 Å². The summed E-state index contributed by atoms with van der Waals surface area (Å²) in [5, 5.41) is 13.7. The molecule has 0 aliphatic carbocycles. The summed E-state index contributed by atoms with van der Waals surface area (Å²) in [5.41, 5.74) is 1.62. The number of hydrogen-bond acceptors (Lipinski definition) is 5. The van der Waals surface area contributed by atoms with Crippen LogP contribution in [-0.2, 0) is 17.1 Å². The average molecular weight is 346 g/mol. The van der Waals surface area contributed by atoms with Crippen molar-refractivity contribution in [2.75, 3.05) is 4.72 Å². The van der Waals surface area contributed by atoms with Crippen LogP contribution in [0, 0.1) is 6.92 Å². The Morgan fingerprint density at radius 3 is 2.54 bits per heavy atom. The van der Waals surface area contributed by atoms with Crippen LogP contribution >= 0.6 is 0 Å². The molecule has 2 heterocycles. The number of carboxylic acid groups (broad SMARTS) is 1. The second kappa shape index (κ2) is 5.60. The van der Waals surface area contributed by atoms with E-state index in [-0.39, 0.29) is 16.1 Å². The Morgan fingerprint density at radius 1 is 1.25 bits per heavy atom. The lowest BCUT2D eigenvalue weighted by molar-refractivity contribution is 0.0697. The fourth-order valence-corrected chi connectivity index (χ4v) is 3.36. The van der Waals surface area contributed by atoms with Gasteiger partial charge in [0, 0.05) is 24.3 Å². The van der Waals surface area contributed by atoms with Crippen molar-refractivity contribution in [3.05, 3.63) is 47.8 Å². The van der Waals surface area contributed by atoms with E-state index in [1.54, 1.807) is 18.7 Å². The number of aromatic nitrogens is 3. The van der Waals surface area contributed by atoms with Crippen LogP contribution in [0.2, 0.25) is 0 Å². The predicted octanol–water partition coefficient (Wildman–Crippen LogP) is 1.78. The van der Waals surface area contributed by atoms with Crippen LogP contribution in [0.25, 0.3) is 11.0 Å². The number of carboxylic acids is 1. The van der Waals surface area contributed by atoms with Crippen LogP contribution in [0.1, 0.15) is 16.1 Å². The molecular formula is C15H14N4O4S. The van der Waals surface area contributed by atoms with Crippen molar-refractivity contribution in [3.63, 3.8) is 0 Å².